The van der Waals surface area contributed by atoms with Crippen LogP contribution in [0.25, 0.3) is 0 Å². The average molecular weight is 318 g/mol. The van der Waals surface area contributed by atoms with Crippen molar-refractivity contribution in [2.75, 3.05) is 11.5 Å². The highest BCUT2D eigenvalue weighted by Crippen LogP contribution is 2.29. The van der Waals surface area contributed by atoms with E-state index in [9.17, 15) is 0 Å². The molecule has 5 heteroatoms. The molecule has 3 nitrogen and oxygen atoms in total. The smallest absolute Gasteiger partial charge is 0.0766 e. The molecule has 2 unspecified atom stereocenters. The van der Waals surface area contributed by atoms with E-state index in [4.69, 9.17) is 5.73 Å². The number of hydrogen-bond donors (Lipinski definition) is 1. The van der Waals surface area contributed by atoms with Crippen LogP contribution in [-0.4, -0.2) is 27.3 Å². The molecule has 1 aliphatic heterocycles. The Kier molecular flexibility index (Phi) is 4.55. The molecule has 1 aromatic heterocycles. The maximum Gasteiger partial charge on any atom is 0.0766 e. The highest BCUT2D eigenvalue weighted by atomic mass is 79.9. The number of aryl methyl sites for hydroxylation is 2. The van der Waals surface area contributed by atoms with Gasteiger partial charge in [0.15, 0.2) is 0 Å². The van der Waals surface area contributed by atoms with Crippen LogP contribution in [0.4, 0.5) is 0 Å². The molecule has 1 aliphatic rings. The number of halogens is 1. The summed E-state index contributed by atoms with van der Waals surface area (Å²) in [6, 6.07) is 0.265. The predicted molar refractivity (Wildman–Crippen MR) is 77.4 cm³/mol. The van der Waals surface area contributed by atoms with Gasteiger partial charge in [-0.2, -0.15) is 16.9 Å². The maximum absolute atomic E-state index is 6.32. The third kappa shape index (κ3) is 2.88. The van der Waals surface area contributed by atoms with Gasteiger partial charge in [-0.1, -0.05) is 6.92 Å². The van der Waals surface area contributed by atoms with Crippen LogP contribution in [-0.2, 0) is 19.9 Å². The summed E-state index contributed by atoms with van der Waals surface area (Å²) in [5.74, 6) is 3.16. The second kappa shape index (κ2) is 5.76. The Labute approximate surface area is 116 Å². The van der Waals surface area contributed by atoms with Crippen LogP contribution in [0.1, 0.15) is 24.7 Å². The normalized spacial score (nSPS) is 22.0. The highest BCUT2D eigenvalue weighted by Gasteiger charge is 2.25. The van der Waals surface area contributed by atoms with E-state index in [0.29, 0.717) is 5.92 Å². The van der Waals surface area contributed by atoms with Crippen LogP contribution < -0.4 is 5.73 Å². The monoisotopic (exact) mass is 317 g/mol. The summed E-state index contributed by atoms with van der Waals surface area (Å²) >= 11 is 5.68. The van der Waals surface area contributed by atoms with Crippen molar-refractivity contribution < 1.29 is 0 Å². The van der Waals surface area contributed by atoms with Crippen molar-refractivity contribution >= 4 is 27.7 Å². The molecule has 2 heterocycles. The van der Waals surface area contributed by atoms with Crippen LogP contribution in [0.15, 0.2) is 4.47 Å². The van der Waals surface area contributed by atoms with Gasteiger partial charge in [-0.3, -0.25) is 4.68 Å². The van der Waals surface area contributed by atoms with E-state index in [0.717, 1.165) is 23.0 Å². The summed E-state index contributed by atoms with van der Waals surface area (Å²) in [5.41, 5.74) is 8.70. The number of hydrogen-bond acceptors (Lipinski definition) is 3. The lowest BCUT2D eigenvalue weighted by Crippen LogP contribution is -2.33. The van der Waals surface area contributed by atoms with Crippen molar-refractivity contribution in [1.82, 2.24) is 9.78 Å². The summed E-state index contributed by atoms with van der Waals surface area (Å²) in [4.78, 5) is 0. The van der Waals surface area contributed by atoms with E-state index in [1.807, 2.05) is 23.5 Å². The quantitative estimate of drug-likeness (QED) is 0.927. The van der Waals surface area contributed by atoms with Crippen molar-refractivity contribution in [1.29, 1.82) is 0 Å². The Balaban J connectivity index is 2.09. The number of thioether (sulfide) groups is 1. The fourth-order valence-electron chi connectivity index (χ4n) is 2.32. The molecule has 0 bridgehead atoms. The van der Waals surface area contributed by atoms with E-state index in [1.165, 1.54) is 23.6 Å². The zero-order valence-electron chi connectivity index (χ0n) is 10.4. The van der Waals surface area contributed by atoms with Gasteiger partial charge in [0, 0.05) is 19.5 Å². The molecule has 0 radical (unpaired) electrons. The summed E-state index contributed by atoms with van der Waals surface area (Å²) in [6.45, 7) is 2.13. The van der Waals surface area contributed by atoms with Gasteiger partial charge in [0.05, 0.1) is 15.9 Å². The zero-order valence-corrected chi connectivity index (χ0v) is 12.9. The molecule has 2 rings (SSSR count). The van der Waals surface area contributed by atoms with Crippen LogP contribution in [0.5, 0.6) is 0 Å². The average Bonchev–Trinajstić information content (AvgIpc) is 2.92. The minimum atomic E-state index is 0.265. The van der Waals surface area contributed by atoms with E-state index in [1.54, 1.807) is 0 Å². The van der Waals surface area contributed by atoms with Crippen molar-refractivity contribution in [3.63, 3.8) is 0 Å². The first-order chi connectivity index (χ1) is 8.13. The molecule has 1 aromatic rings. The summed E-state index contributed by atoms with van der Waals surface area (Å²) in [6.07, 6.45) is 3.15. The fraction of sp³-hybridized carbons (Fsp3) is 0.750. The minimum absolute atomic E-state index is 0.265. The van der Waals surface area contributed by atoms with Crippen LogP contribution in [0.3, 0.4) is 0 Å². The van der Waals surface area contributed by atoms with Gasteiger partial charge >= 0.3 is 0 Å². The standard InChI is InChI=1S/C12H20BrN3S/c1-3-10-12(13)11(16(2)15-10)6-9(14)8-4-5-17-7-8/h8-9H,3-7,14H2,1-2H3. The molecule has 96 valence electrons. The molecule has 0 spiro atoms. The Morgan fingerprint density at radius 2 is 2.41 bits per heavy atom. The molecule has 0 amide bonds. The zero-order chi connectivity index (χ0) is 12.4. The third-order valence-corrected chi connectivity index (χ3v) is 5.61. The topological polar surface area (TPSA) is 43.8 Å². The van der Waals surface area contributed by atoms with E-state index >= 15 is 0 Å². The minimum Gasteiger partial charge on any atom is -0.327 e. The molecule has 1 fully saturated rings. The molecule has 0 aromatic carbocycles. The molecule has 1 saturated heterocycles. The largest absolute Gasteiger partial charge is 0.327 e. The number of nitrogens with zero attached hydrogens (tertiary/aromatic N) is 2. The first-order valence-electron chi connectivity index (χ1n) is 6.17. The van der Waals surface area contributed by atoms with Gasteiger partial charge in [-0.25, -0.2) is 0 Å². The lowest BCUT2D eigenvalue weighted by Gasteiger charge is -2.18. The van der Waals surface area contributed by atoms with Crippen molar-refractivity contribution in [2.24, 2.45) is 18.7 Å². The molecule has 2 N–H and O–H groups in total. The number of aromatic nitrogens is 2. The Bertz CT molecular complexity index is 385. The summed E-state index contributed by atoms with van der Waals surface area (Å²) in [7, 11) is 2.01. The number of nitrogens with two attached hydrogens (primary N) is 1. The third-order valence-electron chi connectivity index (χ3n) is 3.50. The van der Waals surface area contributed by atoms with Crippen LogP contribution in [0.2, 0.25) is 0 Å². The van der Waals surface area contributed by atoms with Crippen molar-refractivity contribution in [2.45, 2.75) is 32.2 Å². The van der Waals surface area contributed by atoms with Crippen LogP contribution in [0, 0.1) is 5.92 Å². The van der Waals surface area contributed by atoms with Gasteiger partial charge in [0.25, 0.3) is 0 Å². The molecule has 0 aliphatic carbocycles. The Hall–Kier alpha value is -0.000000000000000111. The predicted octanol–water partition coefficient (Wildman–Crippen LogP) is 2.37. The molecule has 17 heavy (non-hydrogen) atoms. The first kappa shape index (κ1) is 13.4. The fourth-order valence-corrected chi connectivity index (χ4v) is 4.45. The van der Waals surface area contributed by atoms with Gasteiger partial charge < -0.3 is 5.73 Å². The maximum atomic E-state index is 6.32. The molecule has 2 atom stereocenters. The van der Waals surface area contributed by atoms with E-state index in [-0.39, 0.29) is 6.04 Å². The second-order valence-corrected chi connectivity index (χ2v) is 6.62. The van der Waals surface area contributed by atoms with Gasteiger partial charge in [-0.05, 0) is 46.2 Å². The van der Waals surface area contributed by atoms with Gasteiger partial charge in [0.1, 0.15) is 0 Å². The molecular formula is C12H20BrN3S. The number of rotatable bonds is 4. The van der Waals surface area contributed by atoms with E-state index in [2.05, 4.69) is 28.0 Å². The Morgan fingerprint density at radius 3 is 2.94 bits per heavy atom. The summed E-state index contributed by atoms with van der Waals surface area (Å²) < 4.78 is 3.13. The first-order valence-corrected chi connectivity index (χ1v) is 8.11. The van der Waals surface area contributed by atoms with Crippen molar-refractivity contribution in [3.8, 4) is 0 Å². The van der Waals surface area contributed by atoms with E-state index < -0.39 is 0 Å². The van der Waals surface area contributed by atoms with Crippen molar-refractivity contribution in [3.05, 3.63) is 15.9 Å². The van der Waals surface area contributed by atoms with Crippen LogP contribution >= 0.6 is 27.7 Å². The lowest BCUT2D eigenvalue weighted by molar-refractivity contribution is 0.452. The molecular weight excluding hydrogens is 298 g/mol. The molecule has 0 saturated carbocycles. The lowest BCUT2D eigenvalue weighted by atomic mass is 9.96. The van der Waals surface area contributed by atoms with Gasteiger partial charge in [-0.15, -0.1) is 0 Å². The highest BCUT2D eigenvalue weighted by molar-refractivity contribution is 9.10. The second-order valence-electron chi connectivity index (χ2n) is 4.68. The SMILES string of the molecule is CCc1nn(C)c(CC(N)C2CCSC2)c1Br. The summed E-state index contributed by atoms with van der Waals surface area (Å²) in [5, 5.41) is 4.52. The van der Waals surface area contributed by atoms with Gasteiger partial charge in [0.2, 0.25) is 0 Å². The Morgan fingerprint density at radius 1 is 1.65 bits per heavy atom.